The number of rotatable bonds is 5. The van der Waals surface area contributed by atoms with E-state index in [0.29, 0.717) is 29.6 Å². The third-order valence-corrected chi connectivity index (χ3v) is 3.20. The Kier molecular flexibility index (Phi) is 5.46. The monoisotopic (exact) mass is 304 g/mol. The molecule has 21 heavy (non-hydrogen) atoms. The van der Waals surface area contributed by atoms with Gasteiger partial charge < -0.3 is 15.4 Å². The minimum Gasteiger partial charge on any atom is -0.492 e. The lowest BCUT2D eigenvalue weighted by atomic mass is 10.2. The first-order valence-electron chi connectivity index (χ1n) is 6.70. The van der Waals surface area contributed by atoms with Gasteiger partial charge in [0.15, 0.2) is 0 Å². The fraction of sp³-hybridized carbons (Fsp3) is 0.188. The molecule has 5 heteroatoms. The van der Waals surface area contributed by atoms with Gasteiger partial charge in [0.05, 0.1) is 12.3 Å². The second kappa shape index (κ2) is 7.55. The molecule has 0 atom stereocenters. The van der Waals surface area contributed by atoms with Gasteiger partial charge in [-0.15, -0.1) is 0 Å². The highest BCUT2D eigenvalue weighted by molar-refractivity contribution is 6.31. The number of carbonyl (C=O) groups excluding carboxylic acids is 1. The van der Waals surface area contributed by atoms with Gasteiger partial charge in [-0.1, -0.05) is 41.9 Å². The average molecular weight is 305 g/mol. The Morgan fingerprint density at radius 1 is 1.14 bits per heavy atom. The summed E-state index contributed by atoms with van der Waals surface area (Å²) in [5, 5.41) is 6.17. The molecule has 0 radical (unpaired) electrons. The number of amides is 2. The molecule has 0 spiro atoms. The zero-order chi connectivity index (χ0) is 15.1. The van der Waals surface area contributed by atoms with Crippen LogP contribution in [-0.4, -0.2) is 12.6 Å². The molecular formula is C16H17ClN2O2. The van der Waals surface area contributed by atoms with E-state index < -0.39 is 0 Å². The van der Waals surface area contributed by atoms with Crippen molar-refractivity contribution in [1.82, 2.24) is 5.32 Å². The summed E-state index contributed by atoms with van der Waals surface area (Å²) >= 11 is 6.04. The van der Waals surface area contributed by atoms with Gasteiger partial charge in [0.1, 0.15) is 5.75 Å². The fourth-order valence-corrected chi connectivity index (χ4v) is 2.04. The highest BCUT2D eigenvalue weighted by atomic mass is 35.5. The second-order valence-corrected chi connectivity index (χ2v) is 4.74. The molecule has 0 unspecified atom stereocenters. The van der Waals surface area contributed by atoms with E-state index in [-0.39, 0.29) is 6.03 Å². The van der Waals surface area contributed by atoms with Gasteiger partial charge in [0, 0.05) is 11.6 Å². The van der Waals surface area contributed by atoms with Crippen LogP contribution in [0.1, 0.15) is 12.5 Å². The first kappa shape index (κ1) is 15.2. The normalized spacial score (nSPS) is 10.0. The Labute approximate surface area is 129 Å². The topological polar surface area (TPSA) is 50.4 Å². The molecule has 2 rings (SSSR count). The lowest BCUT2D eigenvalue weighted by Gasteiger charge is -2.12. The van der Waals surface area contributed by atoms with Crippen LogP contribution in [0.3, 0.4) is 0 Å². The Morgan fingerprint density at radius 3 is 2.62 bits per heavy atom. The van der Waals surface area contributed by atoms with Crippen molar-refractivity contribution in [2.75, 3.05) is 11.9 Å². The number of ether oxygens (including phenoxy) is 1. The molecule has 0 aliphatic heterocycles. The Morgan fingerprint density at radius 2 is 1.86 bits per heavy atom. The minimum atomic E-state index is -0.304. The predicted octanol–water partition coefficient (Wildman–Crippen LogP) is 4.06. The van der Waals surface area contributed by atoms with Crippen molar-refractivity contribution in [1.29, 1.82) is 0 Å². The third-order valence-electron chi connectivity index (χ3n) is 2.83. The molecule has 2 amide bonds. The predicted molar refractivity (Wildman–Crippen MR) is 84.9 cm³/mol. The summed E-state index contributed by atoms with van der Waals surface area (Å²) in [6, 6.07) is 14.4. The number of para-hydroxylation sites is 2. The molecule has 2 aromatic carbocycles. The van der Waals surface area contributed by atoms with E-state index >= 15 is 0 Å². The van der Waals surface area contributed by atoms with Crippen LogP contribution in [0.15, 0.2) is 48.5 Å². The van der Waals surface area contributed by atoms with Crippen molar-refractivity contribution in [2.24, 2.45) is 0 Å². The van der Waals surface area contributed by atoms with Crippen molar-refractivity contribution >= 4 is 23.3 Å². The summed E-state index contributed by atoms with van der Waals surface area (Å²) in [4.78, 5) is 11.9. The summed E-state index contributed by atoms with van der Waals surface area (Å²) in [5.74, 6) is 0.646. The first-order chi connectivity index (χ1) is 10.2. The van der Waals surface area contributed by atoms with E-state index in [1.807, 2.05) is 43.3 Å². The molecule has 0 aliphatic carbocycles. The molecule has 4 nitrogen and oxygen atoms in total. The van der Waals surface area contributed by atoms with Crippen molar-refractivity contribution in [3.8, 4) is 5.75 Å². The summed E-state index contributed by atoms with van der Waals surface area (Å²) in [7, 11) is 0. The third kappa shape index (κ3) is 4.39. The Balaban J connectivity index is 1.95. The van der Waals surface area contributed by atoms with Gasteiger partial charge in [0.25, 0.3) is 0 Å². The molecule has 0 saturated heterocycles. The number of carbonyl (C=O) groups is 1. The maximum atomic E-state index is 11.9. The van der Waals surface area contributed by atoms with Crippen LogP contribution in [0.25, 0.3) is 0 Å². The van der Waals surface area contributed by atoms with E-state index in [1.54, 1.807) is 12.1 Å². The lowest BCUT2D eigenvalue weighted by Crippen LogP contribution is -2.28. The minimum absolute atomic E-state index is 0.304. The number of anilines is 1. The molecule has 0 fully saturated rings. The average Bonchev–Trinajstić information content (AvgIpc) is 2.49. The zero-order valence-electron chi connectivity index (χ0n) is 11.7. The number of urea groups is 1. The summed E-state index contributed by atoms with van der Waals surface area (Å²) < 4.78 is 5.46. The molecule has 0 saturated carbocycles. The summed E-state index contributed by atoms with van der Waals surface area (Å²) in [6.07, 6.45) is 0. The van der Waals surface area contributed by atoms with Crippen LogP contribution in [0.2, 0.25) is 5.02 Å². The molecule has 0 bridgehead atoms. The molecule has 0 aromatic heterocycles. The maximum Gasteiger partial charge on any atom is 0.319 e. The molecule has 110 valence electrons. The Hall–Kier alpha value is -2.20. The maximum absolute atomic E-state index is 11.9. The van der Waals surface area contributed by atoms with Gasteiger partial charge in [-0.05, 0) is 30.7 Å². The SMILES string of the molecule is CCOc1ccccc1NC(=O)NCc1ccccc1Cl. The lowest BCUT2D eigenvalue weighted by molar-refractivity contribution is 0.251. The largest absolute Gasteiger partial charge is 0.492 e. The first-order valence-corrected chi connectivity index (χ1v) is 7.08. The van der Waals surface area contributed by atoms with E-state index in [4.69, 9.17) is 16.3 Å². The number of benzene rings is 2. The molecular weight excluding hydrogens is 288 g/mol. The van der Waals surface area contributed by atoms with E-state index in [0.717, 1.165) is 5.56 Å². The van der Waals surface area contributed by atoms with Crippen molar-refractivity contribution in [3.05, 3.63) is 59.1 Å². The number of hydrogen-bond donors (Lipinski definition) is 2. The zero-order valence-corrected chi connectivity index (χ0v) is 12.5. The highest BCUT2D eigenvalue weighted by Gasteiger charge is 2.07. The molecule has 2 N–H and O–H groups in total. The van der Waals surface area contributed by atoms with Gasteiger partial charge in [-0.2, -0.15) is 0 Å². The summed E-state index contributed by atoms with van der Waals surface area (Å²) in [5.41, 5.74) is 1.50. The van der Waals surface area contributed by atoms with Gasteiger partial charge in [-0.25, -0.2) is 4.79 Å². The number of nitrogens with one attached hydrogen (secondary N) is 2. The number of halogens is 1. The highest BCUT2D eigenvalue weighted by Crippen LogP contribution is 2.23. The van der Waals surface area contributed by atoms with Crippen LogP contribution < -0.4 is 15.4 Å². The van der Waals surface area contributed by atoms with Gasteiger partial charge in [-0.3, -0.25) is 0 Å². The van der Waals surface area contributed by atoms with Crippen molar-refractivity contribution < 1.29 is 9.53 Å². The summed E-state index contributed by atoms with van der Waals surface area (Å²) in [6.45, 7) is 2.80. The van der Waals surface area contributed by atoms with Crippen molar-refractivity contribution in [3.63, 3.8) is 0 Å². The molecule has 2 aromatic rings. The van der Waals surface area contributed by atoms with E-state index in [1.165, 1.54) is 0 Å². The van der Waals surface area contributed by atoms with Gasteiger partial charge >= 0.3 is 6.03 Å². The van der Waals surface area contributed by atoms with Crippen LogP contribution >= 0.6 is 11.6 Å². The van der Waals surface area contributed by atoms with E-state index in [2.05, 4.69) is 10.6 Å². The molecule has 0 heterocycles. The van der Waals surface area contributed by atoms with Crippen LogP contribution in [0.4, 0.5) is 10.5 Å². The van der Waals surface area contributed by atoms with Crippen molar-refractivity contribution in [2.45, 2.75) is 13.5 Å². The second-order valence-electron chi connectivity index (χ2n) is 4.33. The fourth-order valence-electron chi connectivity index (χ4n) is 1.84. The van der Waals surface area contributed by atoms with E-state index in [9.17, 15) is 4.79 Å². The smallest absolute Gasteiger partial charge is 0.319 e. The Bertz CT molecular complexity index is 617. The van der Waals surface area contributed by atoms with Crippen LogP contribution in [0, 0.1) is 0 Å². The molecule has 0 aliphatic rings. The quantitative estimate of drug-likeness (QED) is 0.875. The van der Waals surface area contributed by atoms with Gasteiger partial charge in [0.2, 0.25) is 0 Å². The standard InChI is InChI=1S/C16H17ClN2O2/c1-2-21-15-10-6-5-9-14(15)19-16(20)18-11-12-7-3-4-8-13(12)17/h3-10H,2,11H2,1H3,(H2,18,19,20). The van der Waals surface area contributed by atoms with Crippen LogP contribution in [0.5, 0.6) is 5.75 Å². The van der Waals surface area contributed by atoms with Crippen LogP contribution in [-0.2, 0) is 6.54 Å². The number of hydrogen-bond acceptors (Lipinski definition) is 2.